The maximum Gasteiger partial charge on any atom is 0.412 e. The van der Waals surface area contributed by atoms with Crippen molar-refractivity contribution in [2.75, 3.05) is 11.9 Å². The summed E-state index contributed by atoms with van der Waals surface area (Å²) in [6, 6.07) is 33.3. The number of hydrogen-bond acceptors (Lipinski definition) is 5. The van der Waals surface area contributed by atoms with Crippen LogP contribution in [0.15, 0.2) is 109 Å². The SMILES string of the molecule is O=C(Nc1cccc2ccccc12)O[C@@H](c1ccc(O)c2ccccc12)[C@H](CCO)Oc1ccccc1. The minimum atomic E-state index is -0.882. The molecule has 0 fully saturated rings. The summed E-state index contributed by atoms with van der Waals surface area (Å²) in [5, 5.41) is 26.4. The fraction of sp³-hybridized carbons (Fsp3) is 0.129. The molecular formula is C31H27NO5. The lowest BCUT2D eigenvalue weighted by molar-refractivity contribution is 0.00984. The van der Waals surface area contributed by atoms with Gasteiger partial charge in [-0.05, 0) is 35.0 Å². The lowest BCUT2D eigenvalue weighted by Gasteiger charge is -2.29. The van der Waals surface area contributed by atoms with Crippen LogP contribution in [0.25, 0.3) is 21.5 Å². The van der Waals surface area contributed by atoms with Crippen molar-refractivity contribution in [1.29, 1.82) is 0 Å². The molecule has 0 unspecified atom stereocenters. The van der Waals surface area contributed by atoms with E-state index in [1.165, 1.54) is 0 Å². The third-order valence-electron chi connectivity index (χ3n) is 6.28. The number of fused-ring (bicyclic) bond motifs is 2. The molecule has 3 N–H and O–H groups in total. The van der Waals surface area contributed by atoms with Crippen LogP contribution in [0.3, 0.4) is 0 Å². The van der Waals surface area contributed by atoms with Gasteiger partial charge < -0.3 is 19.7 Å². The van der Waals surface area contributed by atoms with Crippen LogP contribution in [-0.4, -0.2) is 29.0 Å². The van der Waals surface area contributed by atoms with E-state index in [4.69, 9.17) is 9.47 Å². The molecule has 0 saturated carbocycles. The van der Waals surface area contributed by atoms with Crippen molar-refractivity contribution in [1.82, 2.24) is 0 Å². The molecule has 186 valence electrons. The number of rotatable bonds is 8. The fourth-order valence-corrected chi connectivity index (χ4v) is 4.56. The molecule has 0 aliphatic rings. The second kappa shape index (κ2) is 11.0. The van der Waals surface area contributed by atoms with E-state index in [1.807, 2.05) is 91.0 Å². The van der Waals surface area contributed by atoms with E-state index >= 15 is 0 Å². The van der Waals surface area contributed by atoms with Crippen molar-refractivity contribution in [2.45, 2.75) is 18.6 Å². The molecule has 0 radical (unpaired) electrons. The van der Waals surface area contributed by atoms with Crippen LogP contribution in [-0.2, 0) is 4.74 Å². The van der Waals surface area contributed by atoms with Gasteiger partial charge in [0.05, 0.1) is 5.69 Å². The molecule has 0 aliphatic heterocycles. The first kappa shape index (κ1) is 24.2. The maximum absolute atomic E-state index is 13.3. The first-order valence-electron chi connectivity index (χ1n) is 12.1. The van der Waals surface area contributed by atoms with Crippen LogP contribution in [0.2, 0.25) is 0 Å². The van der Waals surface area contributed by atoms with E-state index in [-0.39, 0.29) is 18.8 Å². The van der Waals surface area contributed by atoms with Gasteiger partial charge in [-0.1, -0.05) is 84.9 Å². The lowest BCUT2D eigenvalue weighted by atomic mass is 9.95. The van der Waals surface area contributed by atoms with Gasteiger partial charge in [-0.25, -0.2) is 4.79 Å². The molecule has 0 heterocycles. The molecule has 0 bridgehead atoms. The van der Waals surface area contributed by atoms with E-state index in [2.05, 4.69) is 5.32 Å². The van der Waals surface area contributed by atoms with Crippen LogP contribution in [0, 0.1) is 0 Å². The number of ether oxygens (including phenoxy) is 2. The Hall–Kier alpha value is -4.55. The smallest absolute Gasteiger partial charge is 0.412 e. The van der Waals surface area contributed by atoms with Gasteiger partial charge >= 0.3 is 6.09 Å². The van der Waals surface area contributed by atoms with Crippen molar-refractivity contribution < 1.29 is 24.5 Å². The summed E-state index contributed by atoms with van der Waals surface area (Å²) in [5.74, 6) is 0.716. The van der Waals surface area contributed by atoms with E-state index in [0.29, 0.717) is 22.4 Å². The van der Waals surface area contributed by atoms with Gasteiger partial charge in [-0.2, -0.15) is 0 Å². The van der Waals surface area contributed by atoms with Crippen LogP contribution >= 0.6 is 0 Å². The molecule has 0 saturated heterocycles. The Morgan fingerprint density at radius 3 is 2.22 bits per heavy atom. The number of phenolic OH excluding ortho intramolecular Hbond substituents is 1. The van der Waals surface area contributed by atoms with E-state index in [9.17, 15) is 15.0 Å². The van der Waals surface area contributed by atoms with Crippen LogP contribution < -0.4 is 10.1 Å². The van der Waals surface area contributed by atoms with Crippen molar-refractivity contribution in [3.8, 4) is 11.5 Å². The Bertz CT molecular complexity index is 1510. The predicted molar refractivity (Wildman–Crippen MR) is 145 cm³/mol. The molecule has 5 aromatic carbocycles. The van der Waals surface area contributed by atoms with Crippen LogP contribution in [0.4, 0.5) is 10.5 Å². The zero-order valence-corrected chi connectivity index (χ0v) is 20.1. The Balaban J connectivity index is 1.53. The highest BCUT2D eigenvalue weighted by molar-refractivity contribution is 6.00. The lowest BCUT2D eigenvalue weighted by Crippen LogP contribution is -2.32. The number of aliphatic hydroxyl groups excluding tert-OH is 1. The summed E-state index contributed by atoms with van der Waals surface area (Å²) >= 11 is 0. The van der Waals surface area contributed by atoms with Gasteiger partial charge in [-0.15, -0.1) is 0 Å². The summed E-state index contributed by atoms with van der Waals surface area (Å²) in [4.78, 5) is 13.3. The Morgan fingerprint density at radius 1 is 0.757 bits per heavy atom. The fourth-order valence-electron chi connectivity index (χ4n) is 4.56. The summed E-state index contributed by atoms with van der Waals surface area (Å²) in [7, 11) is 0. The number of aliphatic hydroxyl groups is 1. The molecule has 5 aromatic rings. The monoisotopic (exact) mass is 493 g/mol. The summed E-state index contributed by atoms with van der Waals surface area (Å²) in [5.41, 5.74) is 1.29. The molecular weight excluding hydrogens is 466 g/mol. The molecule has 0 aromatic heterocycles. The van der Waals surface area contributed by atoms with Gasteiger partial charge in [0.2, 0.25) is 0 Å². The van der Waals surface area contributed by atoms with Gasteiger partial charge in [0.15, 0.2) is 6.10 Å². The minimum absolute atomic E-state index is 0.126. The van der Waals surface area contributed by atoms with Gasteiger partial charge in [0.1, 0.15) is 17.6 Å². The number of carbonyl (C=O) groups is 1. The molecule has 0 aliphatic carbocycles. The Labute approximate surface area is 214 Å². The number of benzene rings is 5. The third kappa shape index (κ3) is 5.34. The highest BCUT2D eigenvalue weighted by atomic mass is 16.6. The number of carbonyl (C=O) groups excluding carboxylic acids is 1. The second-order valence-electron chi connectivity index (χ2n) is 8.68. The van der Waals surface area contributed by atoms with E-state index < -0.39 is 18.3 Å². The number of nitrogens with one attached hydrogen (secondary N) is 1. The number of aromatic hydroxyl groups is 1. The van der Waals surface area contributed by atoms with Gasteiger partial charge in [-0.3, -0.25) is 5.32 Å². The normalized spacial score (nSPS) is 12.7. The zero-order valence-electron chi connectivity index (χ0n) is 20.1. The highest BCUT2D eigenvalue weighted by Crippen LogP contribution is 2.36. The van der Waals surface area contributed by atoms with Crippen molar-refractivity contribution >= 4 is 33.3 Å². The molecule has 0 spiro atoms. The first-order chi connectivity index (χ1) is 18.1. The van der Waals surface area contributed by atoms with Crippen molar-refractivity contribution in [3.63, 3.8) is 0 Å². The van der Waals surface area contributed by atoms with Gasteiger partial charge in [0.25, 0.3) is 0 Å². The first-order valence-corrected chi connectivity index (χ1v) is 12.1. The minimum Gasteiger partial charge on any atom is -0.507 e. The highest BCUT2D eigenvalue weighted by Gasteiger charge is 2.31. The standard InChI is InChI=1S/C31H27NO5/c33-20-19-29(36-22-11-2-1-3-12-22)30(26-17-18-28(34)25-15-7-6-14-24(25)26)37-31(35)32-27-16-8-10-21-9-4-5-13-23(21)27/h1-18,29-30,33-34H,19-20H2,(H,32,35)/t29-,30-/m0/s1. The topological polar surface area (TPSA) is 88.0 Å². The molecule has 6 nitrogen and oxygen atoms in total. The second-order valence-corrected chi connectivity index (χ2v) is 8.68. The largest absolute Gasteiger partial charge is 0.507 e. The van der Waals surface area contributed by atoms with Crippen molar-refractivity contribution in [2.24, 2.45) is 0 Å². The Kier molecular flexibility index (Phi) is 7.19. The average Bonchev–Trinajstić information content (AvgIpc) is 2.93. The zero-order chi connectivity index (χ0) is 25.6. The quantitative estimate of drug-likeness (QED) is 0.221. The van der Waals surface area contributed by atoms with E-state index in [0.717, 1.165) is 16.2 Å². The van der Waals surface area contributed by atoms with Crippen LogP contribution in [0.1, 0.15) is 18.1 Å². The molecule has 1 amide bonds. The van der Waals surface area contributed by atoms with E-state index in [1.54, 1.807) is 18.2 Å². The van der Waals surface area contributed by atoms with Crippen LogP contribution in [0.5, 0.6) is 11.5 Å². The molecule has 6 heteroatoms. The molecule has 5 rings (SSSR count). The summed E-state index contributed by atoms with van der Waals surface area (Å²) in [6.07, 6.45) is -2.01. The average molecular weight is 494 g/mol. The predicted octanol–water partition coefficient (Wildman–Crippen LogP) is 6.82. The number of amides is 1. The summed E-state index contributed by atoms with van der Waals surface area (Å²) < 4.78 is 12.3. The number of anilines is 1. The van der Waals surface area contributed by atoms with Gasteiger partial charge in [0, 0.05) is 29.4 Å². The number of para-hydroxylation sites is 1. The third-order valence-corrected chi connectivity index (χ3v) is 6.28. The number of hydrogen-bond donors (Lipinski definition) is 3. The maximum atomic E-state index is 13.3. The molecule has 2 atom stereocenters. The number of phenols is 1. The molecule has 37 heavy (non-hydrogen) atoms. The van der Waals surface area contributed by atoms with Crippen molar-refractivity contribution in [3.05, 3.63) is 115 Å². The summed E-state index contributed by atoms with van der Waals surface area (Å²) in [6.45, 7) is -0.168. The Morgan fingerprint density at radius 2 is 1.43 bits per heavy atom.